The predicted octanol–water partition coefficient (Wildman–Crippen LogP) is 2.23. The van der Waals surface area contributed by atoms with Gasteiger partial charge >= 0.3 is 5.97 Å². The van der Waals surface area contributed by atoms with Crippen LogP contribution in [0.4, 0.5) is 5.13 Å². The highest BCUT2D eigenvalue weighted by atomic mass is 32.1. The molecule has 1 N–H and O–H groups in total. The third-order valence-corrected chi connectivity index (χ3v) is 5.10. The molecule has 3 rings (SSSR count). The van der Waals surface area contributed by atoms with Crippen LogP contribution in [0.3, 0.4) is 0 Å². The average Bonchev–Trinajstić information content (AvgIpc) is 3.04. The van der Waals surface area contributed by atoms with Crippen LogP contribution in [0, 0.1) is 17.8 Å². The topological polar surface area (TPSA) is 68.3 Å². The van der Waals surface area contributed by atoms with Gasteiger partial charge in [-0.15, -0.1) is 11.3 Å². The van der Waals surface area contributed by atoms with E-state index in [1.165, 1.54) is 44.1 Å². The summed E-state index contributed by atoms with van der Waals surface area (Å²) < 4.78 is 4.60. The van der Waals surface area contributed by atoms with Crippen molar-refractivity contribution in [2.45, 2.75) is 32.1 Å². The zero-order valence-electron chi connectivity index (χ0n) is 11.4. The van der Waals surface area contributed by atoms with Crippen LogP contribution >= 0.6 is 11.3 Å². The Kier molecular flexibility index (Phi) is 3.74. The first kappa shape index (κ1) is 13.5. The number of hydrogen-bond donors (Lipinski definition) is 1. The van der Waals surface area contributed by atoms with Crippen LogP contribution in [-0.4, -0.2) is 24.0 Å². The number of nitrogens with one attached hydrogen (secondary N) is 1. The first-order valence-corrected chi connectivity index (χ1v) is 7.89. The van der Waals surface area contributed by atoms with Crippen LogP contribution in [0.5, 0.6) is 0 Å². The second kappa shape index (κ2) is 5.52. The molecule has 5 nitrogen and oxygen atoms in total. The molecule has 0 aliphatic heterocycles. The minimum Gasteiger partial charge on any atom is -0.469 e. The molecule has 2 atom stereocenters. The highest BCUT2D eigenvalue weighted by Gasteiger charge is 2.54. The van der Waals surface area contributed by atoms with Gasteiger partial charge in [-0.1, -0.05) is 12.8 Å². The van der Waals surface area contributed by atoms with Gasteiger partial charge in [0.25, 0.3) is 0 Å². The molecule has 0 spiro atoms. The van der Waals surface area contributed by atoms with Crippen molar-refractivity contribution in [2.75, 3.05) is 12.4 Å². The number of carbonyl (C=O) groups is 2. The van der Waals surface area contributed by atoms with E-state index in [9.17, 15) is 9.59 Å². The summed E-state index contributed by atoms with van der Waals surface area (Å²) in [5.41, 5.74) is 0.644. The fourth-order valence-corrected chi connectivity index (χ4v) is 3.95. The summed E-state index contributed by atoms with van der Waals surface area (Å²) in [7, 11) is 1.35. The van der Waals surface area contributed by atoms with E-state index in [4.69, 9.17) is 0 Å². The van der Waals surface area contributed by atoms with E-state index in [-0.39, 0.29) is 24.2 Å². The number of esters is 1. The number of hydrogen-bond acceptors (Lipinski definition) is 5. The summed E-state index contributed by atoms with van der Waals surface area (Å²) >= 11 is 1.36. The standard InChI is InChI=1S/C14H18N2O3S/c1-19-11(17)6-8-7-20-14(15-8)16-13(18)12-9-4-2-3-5-10(9)12/h7,9-10,12H,2-6H2,1H3,(H,15,16,18). The number of methoxy groups -OCH3 is 1. The van der Waals surface area contributed by atoms with E-state index in [2.05, 4.69) is 15.0 Å². The van der Waals surface area contributed by atoms with Crippen molar-refractivity contribution in [3.63, 3.8) is 0 Å². The molecule has 20 heavy (non-hydrogen) atoms. The molecular formula is C14H18N2O3S. The molecule has 1 aromatic rings. The first-order valence-electron chi connectivity index (χ1n) is 7.01. The number of anilines is 1. The van der Waals surface area contributed by atoms with Gasteiger partial charge in [-0.2, -0.15) is 0 Å². The van der Waals surface area contributed by atoms with E-state index in [1.54, 1.807) is 5.38 Å². The van der Waals surface area contributed by atoms with Crippen molar-refractivity contribution in [3.8, 4) is 0 Å². The van der Waals surface area contributed by atoms with Crippen molar-refractivity contribution < 1.29 is 14.3 Å². The maximum Gasteiger partial charge on any atom is 0.311 e. The van der Waals surface area contributed by atoms with Crippen LogP contribution in [-0.2, 0) is 20.7 Å². The molecule has 2 aliphatic rings. The zero-order chi connectivity index (χ0) is 14.1. The fourth-order valence-electron chi connectivity index (χ4n) is 3.24. The highest BCUT2D eigenvalue weighted by Crippen LogP contribution is 2.55. The minimum atomic E-state index is -0.318. The van der Waals surface area contributed by atoms with Gasteiger partial charge < -0.3 is 10.1 Å². The summed E-state index contributed by atoms with van der Waals surface area (Å²) in [4.78, 5) is 27.6. The molecule has 6 heteroatoms. The third kappa shape index (κ3) is 2.70. The van der Waals surface area contributed by atoms with Crippen molar-refractivity contribution in [1.29, 1.82) is 0 Å². The molecule has 0 aromatic carbocycles. The maximum absolute atomic E-state index is 12.2. The van der Waals surface area contributed by atoms with Gasteiger partial charge in [-0.3, -0.25) is 9.59 Å². The predicted molar refractivity (Wildman–Crippen MR) is 75.4 cm³/mol. The Bertz CT molecular complexity index is 516. The summed E-state index contributed by atoms with van der Waals surface area (Å²) in [6, 6.07) is 0. The van der Waals surface area contributed by atoms with Crippen LogP contribution in [0.15, 0.2) is 5.38 Å². The Morgan fingerprint density at radius 3 is 2.75 bits per heavy atom. The van der Waals surface area contributed by atoms with Crippen molar-refractivity contribution in [1.82, 2.24) is 4.98 Å². The van der Waals surface area contributed by atoms with Crippen molar-refractivity contribution in [3.05, 3.63) is 11.1 Å². The number of fused-ring (bicyclic) bond motifs is 1. The summed E-state index contributed by atoms with van der Waals surface area (Å²) in [6.07, 6.45) is 5.04. The summed E-state index contributed by atoms with van der Waals surface area (Å²) in [5, 5.41) is 5.25. The molecule has 0 saturated heterocycles. The third-order valence-electron chi connectivity index (χ3n) is 4.29. The first-order chi connectivity index (χ1) is 9.69. The number of aromatic nitrogens is 1. The lowest BCUT2D eigenvalue weighted by atomic mass is 10.0. The summed E-state index contributed by atoms with van der Waals surface area (Å²) in [6.45, 7) is 0. The molecule has 2 aliphatic carbocycles. The normalized spacial score (nSPS) is 27.6. The van der Waals surface area contributed by atoms with E-state index >= 15 is 0 Å². The average molecular weight is 294 g/mol. The molecule has 2 fully saturated rings. The molecule has 1 heterocycles. The molecule has 0 radical (unpaired) electrons. The quantitative estimate of drug-likeness (QED) is 0.865. The number of nitrogens with zero attached hydrogens (tertiary/aromatic N) is 1. The van der Waals surface area contributed by atoms with E-state index in [0.29, 0.717) is 22.7 Å². The smallest absolute Gasteiger partial charge is 0.311 e. The SMILES string of the molecule is COC(=O)Cc1csc(NC(=O)C2C3CCCCC32)n1. The zero-order valence-corrected chi connectivity index (χ0v) is 12.2. The Hall–Kier alpha value is -1.43. The Labute approximate surface area is 121 Å². The van der Waals surface area contributed by atoms with Gasteiger partial charge in [0.1, 0.15) is 0 Å². The molecule has 1 aromatic heterocycles. The van der Waals surface area contributed by atoms with Crippen molar-refractivity contribution in [2.24, 2.45) is 17.8 Å². The van der Waals surface area contributed by atoms with Crippen LogP contribution in [0.2, 0.25) is 0 Å². The largest absolute Gasteiger partial charge is 0.469 e. The molecule has 0 bridgehead atoms. The lowest BCUT2D eigenvalue weighted by Gasteiger charge is -2.04. The van der Waals surface area contributed by atoms with Gasteiger partial charge in [-0.05, 0) is 24.7 Å². The van der Waals surface area contributed by atoms with E-state index < -0.39 is 0 Å². The van der Waals surface area contributed by atoms with Crippen molar-refractivity contribution >= 4 is 28.3 Å². The number of thiazole rings is 1. The molecular weight excluding hydrogens is 276 g/mol. The van der Waals surface area contributed by atoms with Gasteiger partial charge in [0.2, 0.25) is 5.91 Å². The minimum absolute atomic E-state index is 0.0980. The second-order valence-corrected chi connectivity index (χ2v) is 6.38. The Balaban J connectivity index is 1.55. The number of amides is 1. The number of carbonyl (C=O) groups excluding carboxylic acids is 2. The second-order valence-electron chi connectivity index (χ2n) is 5.52. The van der Waals surface area contributed by atoms with Gasteiger partial charge in [0.05, 0.1) is 19.2 Å². The van der Waals surface area contributed by atoms with Gasteiger partial charge in [-0.25, -0.2) is 4.98 Å². The fraction of sp³-hybridized carbons (Fsp3) is 0.643. The van der Waals surface area contributed by atoms with E-state index in [1.807, 2.05) is 0 Å². The lowest BCUT2D eigenvalue weighted by Crippen LogP contribution is -2.15. The Morgan fingerprint density at radius 2 is 2.10 bits per heavy atom. The molecule has 1 amide bonds. The lowest BCUT2D eigenvalue weighted by molar-refractivity contribution is -0.139. The van der Waals surface area contributed by atoms with Crippen LogP contribution in [0.1, 0.15) is 31.4 Å². The maximum atomic E-state index is 12.2. The molecule has 108 valence electrons. The van der Waals surface area contributed by atoms with Gasteiger partial charge in [0.15, 0.2) is 5.13 Å². The van der Waals surface area contributed by atoms with Crippen LogP contribution in [0.25, 0.3) is 0 Å². The Morgan fingerprint density at radius 1 is 1.40 bits per heavy atom. The monoisotopic (exact) mass is 294 g/mol. The van der Waals surface area contributed by atoms with Gasteiger partial charge in [0, 0.05) is 11.3 Å². The number of rotatable bonds is 4. The molecule has 2 saturated carbocycles. The highest BCUT2D eigenvalue weighted by molar-refractivity contribution is 7.13. The van der Waals surface area contributed by atoms with E-state index in [0.717, 1.165) is 0 Å². The molecule has 2 unspecified atom stereocenters. The summed E-state index contributed by atoms with van der Waals surface area (Å²) in [5.74, 6) is 1.16. The number of ether oxygens (including phenoxy) is 1. The van der Waals surface area contributed by atoms with Crippen LogP contribution < -0.4 is 5.32 Å².